The first-order valence-electron chi connectivity index (χ1n) is 17.3. The number of carbonyl (C=O) groups excluding carboxylic acids is 1. The molecule has 4 aromatic rings. The summed E-state index contributed by atoms with van der Waals surface area (Å²) < 4.78 is 37.0. The van der Waals surface area contributed by atoms with Gasteiger partial charge in [0.05, 0.1) is 26.5 Å². The fourth-order valence-electron chi connectivity index (χ4n) is 7.80. The third-order valence-electron chi connectivity index (χ3n) is 10.6. The minimum absolute atomic E-state index is 0.00220. The van der Waals surface area contributed by atoms with Gasteiger partial charge in [-0.25, -0.2) is 8.78 Å². The van der Waals surface area contributed by atoms with Gasteiger partial charge >= 0.3 is 6.01 Å². The number of aryl methyl sites for hydroxylation is 1. The van der Waals surface area contributed by atoms with Crippen molar-refractivity contribution in [3.63, 3.8) is 0 Å². The first-order valence-corrected chi connectivity index (χ1v) is 18.5. The third kappa shape index (κ3) is 6.57. The maximum Gasteiger partial charge on any atom is 0.317 e. The first-order chi connectivity index (χ1) is 24.6. The van der Waals surface area contributed by atoms with E-state index in [-0.39, 0.29) is 65.8 Å². The number of hydrogen-bond donors (Lipinski definition) is 2. The van der Waals surface area contributed by atoms with E-state index >= 15 is 4.39 Å². The molecule has 3 aliphatic heterocycles. The molecule has 1 aliphatic carbocycles. The molecule has 4 aliphatic rings. The van der Waals surface area contributed by atoms with Crippen LogP contribution in [0.5, 0.6) is 6.01 Å². The molecular formula is C38H40ClF2N7O2S. The zero-order chi connectivity index (χ0) is 36.0. The molecule has 13 heteroatoms. The molecule has 3 N–H and O–H groups in total. The monoisotopic (exact) mass is 731 g/mol. The van der Waals surface area contributed by atoms with Crippen molar-refractivity contribution in [1.29, 1.82) is 5.26 Å². The number of anilines is 1. The van der Waals surface area contributed by atoms with E-state index < -0.39 is 11.6 Å². The number of rotatable bonds is 10. The number of aromatic nitrogens is 2. The highest BCUT2D eigenvalue weighted by Crippen LogP contribution is 2.45. The largest absolute Gasteiger partial charge is 0.461 e. The van der Waals surface area contributed by atoms with Crippen LogP contribution in [0.25, 0.3) is 32.1 Å². The first kappa shape index (κ1) is 35.3. The van der Waals surface area contributed by atoms with Crippen LogP contribution in [0.3, 0.4) is 0 Å². The van der Waals surface area contributed by atoms with E-state index in [2.05, 4.69) is 33.3 Å². The normalized spacial score (nSPS) is 20.4. The Morgan fingerprint density at radius 3 is 2.59 bits per heavy atom. The van der Waals surface area contributed by atoms with Crippen LogP contribution in [0.1, 0.15) is 49.8 Å². The van der Waals surface area contributed by atoms with Crippen LogP contribution in [0, 0.1) is 35.8 Å². The standard InChI is InChI=1S/C26H22ClF2N5OS.C12H18N2O/c1-13-15-10-17(27)20(14-4-5-18(28)23-19(14)16(11-30)24(31)36-23)21(29)22(15)33-25(32-13)35-12-26-6-2-8-34(26)9-3-7-26;1-3-7-14(8-4-2)12(15)11-10(13-11)9-5-6-9/h4-5,10H,2-3,6-9,12,31H2,1H3;3-4,9-11,13H,1-2,5-8H2. The van der Waals surface area contributed by atoms with Crippen molar-refractivity contribution in [2.75, 3.05) is 38.5 Å². The summed E-state index contributed by atoms with van der Waals surface area (Å²) in [6.45, 7) is 12.9. The van der Waals surface area contributed by atoms with Gasteiger partial charge in [-0.2, -0.15) is 15.2 Å². The second kappa shape index (κ2) is 14.1. The molecule has 266 valence electrons. The minimum Gasteiger partial charge on any atom is -0.461 e. The Hall–Kier alpha value is -4.15. The SMILES string of the molecule is C=CCN(CC=C)C(=O)C1NC1C1CC1.Cc1nc(OCC23CCCN2CCC3)nc2c(F)c(-c3ccc(F)c4sc(N)c(C#N)c34)c(Cl)cc12. The van der Waals surface area contributed by atoms with Gasteiger partial charge in [0.2, 0.25) is 5.91 Å². The lowest BCUT2D eigenvalue weighted by Gasteiger charge is -2.31. The van der Waals surface area contributed by atoms with Gasteiger partial charge in [-0.15, -0.1) is 24.5 Å². The van der Waals surface area contributed by atoms with Crippen LogP contribution >= 0.6 is 22.9 Å². The second-order valence-electron chi connectivity index (χ2n) is 13.8. The molecule has 4 fully saturated rings. The number of thiophene rings is 1. The molecular weight excluding hydrogens is 692 g/mol. The zero-order valence-corrected chi connectivity index (χ0v) is 30.1. The summed E-state index contributed by atoms with van der Waals surface area (Å²) in [4.78, 5) is 25.2. The molecule has 1 amide bonds. The Morgan fingerprint density at radius 1 is 1.24 bits per heavy atom. The van der Waals surface area contributed by atoms with E-state index in [0.29, 0.717) is 36.8 Å². The van der Waals surface area contributed by atoms with Crippen molar-refractivity contribution in [2.45, 2.75) is 63.1 Å². The molecule has 2 unspecified atom stereocenters. The number of benzene rings is 2. The van der Waals surface area contributed by atoms with Gasteiger partial charge in [0, 0.05) is 35.5 Å². The summed E-state index contributed by atoms with van der Waals surface area (Å²) in [6, 6.07) is 6.89. The van der Waals surface area contributed by atoms with E-state index in [1.165, 1.54) is 25.0 Å². The number of nitrogens with zero attached hydrogens (tertiary/aromatic N) is 5. The number of nitriles is 1. The third-order valence-corrected chi connectivity index (χ3v) is 11.9. The fourth-order valence-corrected chi connectivity index (χ4v) is 9.04. The van der Waals surface area contributed by atoms with Crippen LogP contribution in [0.15, 0.2) is 43.5 Å². The lowest BCUT2D eigenvalue weighted by atomic mass is 9.95. The van der Waals surface area contributed by atoms with Crippen molar-refractivity contribution < 1.29 is 18.3 Å². The molecule has 0 radical (unpaired) electrons. The number of carbonyl (C=O) groups is 1. The van der Waals surface area contributed by atoms with E-state index in [1.807, 2.05) is 6.07 Å². The Balaban J connectivity index is 0.000000226. The van der Waals surface area contributed by atoms with Gasteiger partial charge in [-0.3, -0.25) is 15.0 Å². The number of nitrogens with two attached hydrogens (primary N) is 1. The highest BCUT2D eigenvalue weighted by atomic mass is 35.5. The van der Waals surface area contributed by atoms with Crippen LogP contribution < -0.4 is 15.8 Å². The van der Waals surface area contributed by atoms with Gasteiger partial charge in [0.1, 0.15) is 35.1 Å². The van der Waals surface area contributed by atoms with E-state index in [0.717, 1.165) is 56.0 Å². The topological polar surface area (TPSA) is 130 Å². The Labute approximate surface area is 304 Å². The smallest absolute Gasteiger partial charge is 0.317 e. The van der Waals surface area contributed by atoms with Crippen LogP contribution in [-0.4, -0.2) is 76.1 Å². The maximum absolute atomic E-state index is 16.2. The molecule has 2 atom stereocenters. The average molecular weight is 732 g/mol. The lowest BCUT2D eigenvalue weighted by Crippen LogP contribution is -2.43. The number of halogens is 3. The number of fused-ring (bicyclic) bond motifs is 3. The maximum atomic E-state index is 16.2. The molecule has 9 nitrogen and oxygen atoms in total. The van der Waals surface area contributed by atoms with Crippen molar-refractivity contribution in [1.82, 2.24) is 25.1 Å². The number of ether oxygens (including phenoxy) is 1. The summed E-state index contributed by atoms with van der Waals surface area (Å²) in [6.07, 6.45) is 10.5. The van der Waals surface area contributed by atoms with Crippen molar-refractivity contribution >= 4 is 54.8 Å². The summed E-state index contributed by atoms with van der Waals surface area (Å²) >= 11 is 7.52. The molecule has 8 rings (SSSR count). The molecule has 1 saturated carbocycles. The highest BCUT2D eigenvalue weighted by molar-refractivity contribution is 7.23. The van der Waals surface area contributed by atoms with E-state index in [9.17, 15) is 14.4 Å². The molecule has 2 aromatic carbocycles. The Kier molecular flexibility index (Phi) is 9.76. The van der Waals surface area contributed by atoms with Crippen molar-refractivity contribution in [3.8, 4) is 23.2 Å². The zero-order valence-electron chi connectivity index (χ0n) is 28.5. The summed E-state index contributed by atoms with van der Waals surface area (Å²) in [5, 5.41) is 13.9. The van der Waals surface area contributed by atoms with Gasteiger partial charge in [0.15, 0.2) is 5.82 Å². The number of amides is 1. The lowest BCUT2D eigenvalue weighted by molar-refractivity contribution is -0.129. The summed E-state index contributed by atoms with van der Waals surface area (Å²) in [5.41, 5.74) is 6.98. The highest BCUT2D eigenvalue weighted by Gasteiger charge is 2.51. The Morgan fingerprint density at radius 2 is 1.94 bits per heavy atom. The van der Waals surface area contributed by atoms with Gasteiger partial charge < -0.3 is 15.4 Å². The molecule has 0 bridgehead atoms. The molecule has 0 spiro atoms. The van der Waals surface area contributed by atoms with Crippen molar-refractivity contribution in [2.24, 2.45) is 5.92 Å². The number of nitrogens with one attached hydrogen (secondary N) is 1. The molecule has 3 saturated heterocycles. The fraction of sp³-hybridized carbons (Fsp3) is 0.421. The second-order valence-corrected chi connectivity index (χ2v) is 15.3. The summed E-state index contributed by atoms with van der Waals surface area (Å²) in [7, 11) is 0. The van der Waals surface area contributed by atoms with Gasteiger partial charge in [0.25, 0.3) is 0 Å². The summed E-state index contributed by atoms with van der Waals surface area (Å²) in [5.74, 6) is -0.263. The molecule has 51 heavy (non-hydrogen) atoms. The number of hydrogen-bond acceptors (Lipinski definition) is 9. The number of nitrogen functional groups attached to an aromatic ring is 1. The quantitative estimate of drug-likeness (QED) is 0.130. The predicted octanol–water partition coefficient (Wildman–Crippen LogP) is 7.15. The van der Waals surface area contributed by atoms with Gasteiger partial charge in [-0.05, 0) is 82.2 Å². The Bertz CT molecular complexity index is 2070. The molecule has 5 heterocycles. The average Bonchev–Trinajstić information content (AvgIpc) is 3.99. The van der Waals surface area contributed by atoms with E-state index in [1.54, 1.807) is 30.0 Å². The van der Waals surface area contributed by atoms with Crippen LogP contribution in [0.4, 0.5) is 13.8 Å². The van der Waals surface area contributed by atoms with Gasteiger partial charge in [-0.1, -0.05) is 29.8 Å². The minimum atomic E-state index is -0.684. The van der Waals surface area contributed by atoms with E-state index in [4.69, 9.17) is 22.1 Å². The van der Waals surface area contributed by atoms with Crippen LogP contribution in [0.2, 0.25) is 5.02 Å². The molecule has 2 aromatic heterocycles. The predicted molar refractivity (Wildman–Crippen MR) is 198 cm³/mol. The van der Waals surface area contributed by atoms with Crippen molar-refractivity contribution in [3.05, 3.63) is 71.4 Å². The van der Waals surface area contributed by atoms with Crippen LogP contribution in [-0.2, 0) is 4.79 Å².